The minimum Gasteiger partial charge on any atom is -0.348 e. The SMILES string of the molecule is Cc1cncc(C(=O)NC2CCCC2Br)c1. The number of hydrogen-bond donors (Lipinski definition) is 1. The Labute approximate surface area is 104 Å². The van der Waals surface area contributed by atoms with E-state index in [1.54, 1.807) is 12.4 Å². The van der Waals surface area contributed by atoms with Crippen LogP contribution in [0.5, 0.6) is 0 Å². The number of nitrogens with one attached hydrogen (secondary N) is 1. The van der Waals surface area contributed by atoms with Crippen LogP contribution in [-0.2, 0) is 0 Å². The van der Waals surface area contributed by atoms with Gasteiger partial charge in [0.15, 0.2) is 0 Å². The first-order valence-electron chi connectivity index (χ1n) is 5.53. The van der Waals surface area contributed by atoms with Crippen molar-refractivity contribution in [2.45, 2.75) is 37.1 Å². The van der Waals surface area contributed by atoms with Gasteiger partial charge in [-0.15, -0.1) is 0 Å². The van der Waals surface area contributed by atoms with Crippen LogP contribution in [0, 0.1) is 6.92 Å². The molecule has 1 aliphatic rings. The first-order chi connectivity index (χ1) is 7.66. The normalized spacial score (nSPS) is 24.4. The van der Waals surface area contributed by atoms with E-state index in [0.29, 0.717) is 10.4 Å². The number of aryl methyl sites for hydroxylation is 1. The van der Waals surface area contributed by atoms with E-state index in [9.17, 15) is 4.79 Å². The molecule has 1 saturated carbocycles. The molecule has 2 rings (SSSR count). The third-order valence-corrected chi connectivity index (χ3v) is 3.98. The molecule has 1 aliphatic carbocycles. The van der Waals surface area contributed by atoms with E-state index in [1.807, 2.05) is 13.0 Å². The fourth-order valence-electron chi connectivity index (χ4n) is 2.01. The van der Waals surface area contributed by atoms with Crippen LogP contribution in [0.15, 0.2) is 18.5 Å². The first-order valence-corrected chi connectivity index (χ1v) is 6.45. The average molecular weight is 283 g/mol. The van der Waals surface area contributed by atoms with Gasteiger partial charge < -0.3 is 5.32 Å². The maximum atomic E-state index is 11.9. The third-order valence-electron chi connectivity index (χ3n) is 2.89. The van der Waals surface area contributed by atoms with Gasteiger partial charge in [-0.25, -0.2) is 0 Å². The molecule has 86 valence electrons. The van der Waals surface area contributed by atoms with Crippen molar-refractivity contribution in [3.05, 3.63) is 29.6 Å². The second-order valence-electron chi connectivity index (χ2n) is 4.28. The quantitative estimate of drug-likeness (QED) is 0.847. The van der Waals surface area contributed by atoms with Gasteiger partial charge in [0.1, 0.15) is 0 Å². The topological polar surface area (TPSA) is 42.0 Å². The van der Waals surface area contributed by atoms with E-state index in [-0.39, 0.29) is 11.9 Å². The Hall–Kier alpha value is -0.900. The van der Waals surface area contributed by atoms with Gasteiger partial charge >= 0.3 is 0 Å². The van der Waals surface area contributed by atoms with Crippen molar-refractivity contribution in [1.29, 1.82) is 0 Å². The van der Waals surface area contributed by atoms with Crippen molar-refractivity contribution in [3.8, 4) is 0 Å². The second kappa shape index (κ2) is 4.95. The standard InChI is InChI=1S/C12H15BrN2O/c1-8-5-9(7-14-6-8)12(16)15-11-4-2-3-10(11)13/h5-7,10-11H,2-4H2,1H3,(H,15,16). The highest BCUT2D eigenvalue weighted by molar-refractivity contribution is 9.09. The second-order valence-corrected chi connectivity index (χ2v) is 5.45. The van der Waals surface area contributed by atoms with Crippen molar-refractivity contribution < 1.29 is 4.79 Å². The minimum atomic E-state index is -0.0208. The van der Waals surface area contributed by atoms with E-state index in [4.69, 9.17) is 0 Å². The molecule has 0 saturated heterocycles. The summed E-state index contributed by atoms with van der Waals surface area (Å²) in [5.74, 6) is -0.0208. The highest BCUT2D eigenvalue weighted by Crippen LogP contribution is 2.25. The molecular weight excluding hydrogens is 268 g/mol. The highest BCUT2D eigenvalue weighted by Gasteiger charge is 2.26. The number of pyridine rings is 1. The molecular formula is C12H15BrN2O. The number of carbonyl (C=O) groups excluding carboxylic acids is 1. The monoisotopic (exact) mass is 282 g/mol. The van der Waals surface area contributed by atoms with Crippen molar-refractivity contribution in [2.24, 2.45) is 0 Å². The molecule has 1 amide bonds. The predicted molar refractivity (Wildman–Crippen MR) is 66.8 cm³/mol. The van der Waals surface area contributed by atoms with E-state index in [2.05, 4.69) is 26.2 Å². The summed E-state index contributed by atoms with van der Waals surface area (Å²) in [7, 11) is 0. The Kier molecular flexibility index (Phi) is 3.59. The van der Waals surface area contributed by atoms with Crippen LogP contribution in [0.25, 0.3) is 0 Å². The van der Waals surface area contributed by atoms with Crippen molar-refractivity contribution in [1.82, 2.24) is 10.3 Å². The molecule has 4 heteroatoms. The lowest BCUT2D eigenvalue weighted by Gasteiger charge is -2.15. The highest BCUT2D eigenvalue weighted by atomic mass is 79.9. The number of carbonyl (C=O) groups is 1. The summed E-state index contributed by atoms with van der Waals surface area (Å²) in [6, 6.07) is 2.12. The van der Waals surface area contributed by atoms with Gasteiger partial charge in [-0.1, -0.05) is 22.4 Å². The summed E-state index contributed by atoms with van der Waals surface area (Å²) in [6.45, 7) is 1.94. The van der Waals surface area contributed by atoms with Gasteiger partial charge in [0.2, 0.25) is 0 Å². The number of amides is 1. The number of aromatic nitrogens is 1. The molecule has 2 atom stereocenters. The molecule has 1 heterocycles. The zero-order valence-electron chi connectivity index (χ0n) is 9.24. The van der Waals surface area contributed by atoms with Crippen LogP contribution < -0.4 is 5.32 Å². The number of alkyl halides is 1. The fraction of sp³-hybridized carbons (Fsp3) is 0.500. The zero-order chi connectivity index (χ0) is 11.5. The molecule has 0 spiro atoms. The molecule has 1 aromatic rings. The maximum absolute atomic E-state index is 11.9. The average Bonchev–Trinajstić information content (AvgIpc) is 2.64. The summed E-state index contributed by atoms with van der Waals surface area (Å²) in [4.78, 5) is 16.4. The zero-order valence-corrected chi connectivity index (χ0v) is 10.8. The first kappa shape index (κ1) is 11.6. The Morgan fingerprint density at radius 3 is 2.94 bits per heavy atom. The van der Waals surface area contributed by atoms with Gasteiger partial charge in [-0.2, -0.15) is 0 Å². The van der Waals surface area contributed by atoms with E-state index in [0.717, 1.165) is 18.4 Å². The lowest BCUT2D eigenvalue weighted by molar-refractivity contribution is 0.0938. The molecule has 2 unspecified atom stereocenters. The van der Waals surface area contributed by atoms with Crippen LogP contribution in [0.3, 0.4) is 0 Å². The van der Waals surface area contributed by atoms with Crippen LogP contribution in [0.2, 0.25) is 0 Å². The molecule has 0 radical (unpaired) electrons. The Morgan fingerprint density at radius 1 is 1.50 bits per heavy atom. The van der Waals surface area contributed by atoms with Gasteiger partial charge in [0.05, 0.1) is 5.56 Å². The lowest BCUT2D eigenvalue weighted by atomic mass is 10.2. The van der Waals surface area contributed by atoms with Crippen LogP contribution in [0.1, 0.15) is 35.2 Å². The van der Waals surface area contributed by atoms with Crippen LogP contribution >= 0.6 is 15.9 Å². The lowest BCUT2D eigenvalue weighted by Crippen LogP contribution is -2.37. The van der Waals surface area contributed by atoms with Crippen LogP contribution in [0.4, 0.5) is 0 Å². The smallest absolute Gasteiger partial charge is 0.253 e. The Bertz CT molecular complexity index is 394. The largest absolute Gasteiger partial charge is 0.348 e. The van der Waals surface area contributed by atoms with Crippen molar-refractivity contribution in [3.63, 3.8) is 0 Å². The molecule has 1 N–H and O–H groups in total. The van der Waals surface area contributed by atoms with E-state index in [1.165, 1.54) is 6.42 Å². The Balaban J connectivity index is 2.03. The summed E-state index contributed by atoms with van der Waals surface area (Å²) in [6.07, 6.45) is 6.73. The summed E-state index contributed by atoms with van der Waals surface area (Å²) in [5.41, 5.74) is 1.65. The summed E-state index contributed by atoms with van der Waals surface area (Å²) >= 11 is 3.59. The summed E-state index contributed by atoms with van der Waals surface area (Å²) in [5, 5.41) is 3.05. The fourth-order valence-corrected chi connectivity index (χ4v) is 2.73. The maximum Gasteiger partial charge on any atom is 0.253 e. The van der Waals surface area contributed by atoms with Crippen LogP contribution in [-0.4, -0.2) is 21.8 Å². The molecule has 0 bridgehead atoms. The minimum absolute atomic E-state index is 0.0208. The van der Waals surface area contributed by atoms with E-state index < -0.39 is 0 Å². The Morgan fingerprint density at radius 2 is 2.31 bits per heavy atom. The third kappa shape index (κ3) is 2.61. The molecule has 1 fully saturated rings. The molecule has 1 aromatic heterocycles. The van der Waals surface area contributed by atoms with Gasteiger partial charge in [-0.05, 0) is 31.4 Å². The number of halogens is 1. The number of rotatable bonds is 2. The predicted octanol–water partition coefficient (Wildman–Crippen LogP) is 2.44. The number of hydrogen-bond acceptors (Lipinski definition) is 2. The molecule has 0 aliphatic heterocycles. The van der Waals surface area contributed by atoms with Crippen molar-refractivity contribution in [2.75, 3.05) is 0 Å². The van der Waals surface area contributed by atoms with Gasteiger partial charge in [0, 0.05) is 23.3 Å². The van der Waals surface area contributed by atoms with Crippen molar-refractivity contribution >= 4 is 21.8 Å². The molecule has 0 aromatic carbocycles. The van der Waals surface area contributed by atoms with Gasteiger partial charge in [-0.3, -0.25) is 9.78 Å². The molecule has 3 nitrogen and oxygen atoms in total. The molecule has 16 heavy (non-hydrogen) atoms. The summed E-state index contributed by atoms with van der Waals surface area (Å²) < 4.78 is 0. The number of nitrogens with zero attached hydrogens (tertiary/aromatic N) is 1. The van der Waals surface area contributed by atoms with Gasteiger partial charge in [0.25, 0.3) is 5.91 Å². The van der Waals surface area contributed by atoms with E-state index >= 15 is 0 Å².